The van der Waals surface area contributed by atoms with Crippen molar-refractivity contribution in [3.05, 3.63) is 91.4 Å². The molecule has 3 aromatic carbocycles. The topological polar surface area (TPSA) is 77.0 Å². The van der Waals surface area contributed by atoms with Gasteiger partial charge in [0.25, 0.3) is 5.91 Å². The molecule has 0 heterocycles. The Morgan fingerprint density at radius 1 is 0.812 bits per heavy atom. The number of ether oxygens (including phenoxy) is 2. The molecule has 0 aliphatic rings. The predicted molar refractivity (Wildman–Crippen MR) is 126 cm³/mol. The number of benzene rings is 3. The van der Waals surface area contributed by atoms with Crippen LogP contribution in [0.15, 0.2) is 59.7 Å². The van der Waals surface area contributed by atoms with Gasteiger partial charge in [0, 0.05) is 5.56 Å². The monoisotopic (exact) mass is 510 g/mol. The Morgan fingerprint density at radius 3 is 2.06 bits per heavy atom. The Morgan fingerprint density at radius 2 is 1.44 bits per heavy atom. The Bertz CT molecular complexity index is 1210. The zero-order chi connectivity index (χ0) is 23.3. The van der Waals surface area contributed by atoms with Crippen molar-refractivity contribution in [2.24, 2.45) is 5.10 Å². The molecular weight excluding hydrogens is 498 g/mol. The van der Waals surface area contributed by atoms with E-state index < -0.39 is 11.9 Å². The number of carbonyl (C=O) groups is 2. The van der Waals surface area contributed by atoms with Crippen LogP contribution in [-0.2, 0) is 0 Å². The zero-order valence-electron chi connectivity index (χ0n) is 16.4. The third-order valence-electron chi connectivity index (χ3n) is 4.11. The first-order valence-electron chi connectivity index (χ1n) is 8.92. The van der Waals surface area contributed by atoms with Gasteiger partial charge in [0.2, 0.25) is 0 Å². The van der Waals surface area contributed by atoms with Crippen LogP contribution in [-0.4, -0.2) is 25.2 Å². The van der Waals surface area contributed by atoms with Crippen molar-refractivity contribution in [2.45, 2.75) is 0 Å². The van der Waals surface area contributed by atoms with E-state index >= 15 is 0 Å². The smallest absolute Gasteiger partial charge is 0.343 e. The summed E-state index contributed by atoms with van der Waals surface area (Å²) >= 11 is 23.6. The van der Waals surface area contributed by atoms with E-state index in [1.807, 2.05) is 0 Å². The molecule has 0 atom stereocenters. The summed E-state index contributed by atoms with van der Waals surface area (Å²) in [5.41, 5.74) is 3.52. The molecule has 0 unspecified atom stereocenters. The summed E-state index contributed by atoms with van der Waals surface area (Å²) in [7, 11) is 1.43. The molecule has 3 aromatic rings. The van der Waals surface area contributed by atoms with Gasteiger partial charge in [-0.2, -0.15) is 5.10 Å². The van der Waals surface area contributed by atoms with Crippen molar-refractivity contribution in [3.63, 3.8) is 0 Å². The largest absolute Gasteiger partial charge is 0.493 e. The minimum atomic E-state index is -0.628. The Labute approximate surface area is 203 Å². The van der Waals surface area contributed by atoms with Crippen LogP contribution in [0.3, 0.4) is 0 Å². The minimum absolute atomic E-state index is 0.195. The molecule has 0 aromatic heterocycles. The van der Waals surface area contributed by atoms with E-state index in [4.69, 9.17) is 55.9 Å². The lowest BCUT2D eigenvalue weighted by atomic mass is 10.2. The fourth-order valence-corrected chi connectivity index (χ4v) is 3.09. The first kappa shape index (κ1) is 23.9. The van der Waals surface area contributed by atoms with Crippen LogP contribution in [0, 0.1) is 0 Å². The summed E-state index contributed by atoms with van der Waals surface area (Å²) < 4.78 is 10.7. The Balaban J connectivity index is 1.69. The number of rotatable bonds is 6. The number of nitrogens with zero attached hydrogens (tertiary/aromatic N) is 1. The third kappa shape index (κ3) is 5.93. The van der Waals surface area contributed by atoms with Crippen LogP contribution in [0.1, 0.15) is 26.3 Å². The summed E-state index contributed by atoms with van der Waals surface area (Å²) in [6, 6.07) is 13.7. The van der Waals surface area contributed by atoms with E-state index in [1.54, 1.807) is 12.1 Å². The second-order valence-electron chi connectivity index (χ2n) is 6.26. The van der Waals surface area contributed by atoms with Gasteiger partial charge in [-0.3, -0.25) is 4.79 Å². The van der Waals surface area contributed by atoms with Crippen LogP contribution < -0.4 is 14.9 Å². The van der Waals surface area contributed by atoms with Gasteiger partial charge in [0.1, 0.15) is 0 Å². The molecule has 6 nitrogen and oxygen atoms in total. The first-order chi connectivity index (χ1) is 15.3. The summed E-state index contributed by atoms with van der Waals surface area (Å²) in [6.07, 6.45) is 1.41. The minimum Gasteiger partial charge on any atom is -0.493 e. The van der Waals surface area contributed by atoms with Crippen LogP contribution in [0.2, 0.25) is 20.1 Å². The lowest BCUT2D eigenvalue weighted by Crippen LogP contribution is -2.17. The molecule has 0 radical (unpaired) electrons. The van der Waals surface area contributed by atoms with Crippen molar-refractivity contribution in [1.29, 1.82) is 0 Å². The summed E-state index contributed by atoms with van der Waals surface area (Å²) in [5, 5.41) is 5.09. The zero-order valence-corrected chi connectivity index (χ0v) is 19.4. The lowest BCUT2D eigenvalue weighted by molar-refractivity contribution is 0.0729. The number of esters is 1. The highest BCUT2D eigenvalue weighted by Crippen LogP contribution is 2.29. The van der Waals surface area contributed by atoms with Gasteiger partial charge >= 0.3 is 5.97 Å². The van der Waals surface area contributed by atoms with Crippen molar-refractivity contribution in [1.82, 2.24) is 5.43 Å². The molecule has 0 saturated heterocycles. The highest BCUT2D eigenvalue weighted by Gasteiger charge is 2.14. The Hall–Kier alpha value is -2.77. The average molecular weight is 512 g/mol. The van der Waals surface area contributed by atoms with E-state index in [1.165, 1.54) is 55.8 Å². The third-order valence-corrected chi connectivity index (χ3v) is 5.59. The average Bonchev–Trinajstić information content (AvgIpc) is 2.78. The molecule has 10 heteroatoms. The number of halogens is 4. The van der Waals surface area contributed by atoms with Gasteiger partial charge in [-0.1, -0.05) is 46.4 Å². The molecule has 164 valence electrons. The highest BCUT2D eigenvalue weighted by molar-refractivity contribution is 6.42. The predicted octanol–water partition coefficient (Wildman–Crippen LogP) is 6.29. The number of carbonyl (C=O) groups excluding carboxylic acids is 2. The molecule has 0 bridgehead atoms. The molecule has 3 rings (SSSR count). The van der Waals surface area contributed by atoms with E-state index in [-0.39, 0.29) is 27.1 Å². The van der Waals surface area contributed by atoms with Crippen molar-refractivity contribution in [3.8, 4) is 11.5 Å². The number of hydrogen-bond donors (Lipinski definition) is 1. The van der Waals surface area contributed by atoms with Crippen molar-refractivity contribution >= 4 is 64.5 Å². The number of methoxy groups -OCH3 is 1. The summed E-state index contributed by atoms with van der Waals surface area (Å²) in [4.78, 5) is 24.5. The maximum absolute atomic E-state index is 12.4. The number of nitrogens with one attached hydrogen (secondary N) is 1. The quantitative estimate of drug-likeness (QED) is 0.182. The SMILES string of the molecule is COc1cc(C=NNC(=O)c2ccc(Cl)c(Cl)c2)ccc1OC(=O)c1ccc(Cl)c(Cl)c1. The van der Waals surface area contributed by atoms with Gasteiger partial charge < -0.3 is 9.47 Å². The van der Waals surface area contributed by atoms with Gasteiger partial charge in [-0.15, -0.1) is 0 Å². The van der Waals surface area contributed by atoms with E-state index in [0.717, 1.165) is 0 Å². The molecule has 0 fully saturated rings. The fraction of sp³-hybridized carbons (Fsp3) is 0.0455. The molecule has 32 heavy (non-hydrogen) atoms. The van der Waals surface area contributed by atoms with E-state index in [9.17, 15) is 9.59 Å². The molecular formula is C22H14Cl4N2O4. The van der Waals surface area contributed by atoms with Crippen molar-refractivity contribution < 1.29 is 19.1 Å². The summed E-state index contributed by atoms with van der Waals surface area (Å²) in [5.74, 6) is -0.602. The van der Waals surface area contributed by atoms with Crippen molar-refractivity contribution in [2.75, 3.05) is 7.11 Å². The van der Waals surface area contributed by atoms with Gasteiger partial charge in [0.05, 0.1) is 39.0 Å². The van der Waals surface area contributed by atoms with Gasteiger partial charge in [0.15, 0.2) is 11.5 Å². The second kappa shape index (κ2) is 10.7. The van der Waals surface area contributed by atoms with Crippen LogP contribution in [0.4, 0.5) is 0 Å². The molecule has 0 aliphatic heterocycles. The van der Waals surface area contributed by atoms with Gasteiger partial charge in [-0.05, 0) is 60.2 Å². The highest BCUT2D eigenvalue weighted by atomic mass is 35.5. The van der Waals surface area contributed by atoms with E-state index in [2.05, 4.69) is 10.5 Å². The second-order valence-corrected chi connectivity index (χ2v) is 7.89. The van der Waals surface area contributed by atoms with E-state index in [0.29, 0.717) is 21.2 Å². The van der Waals surface area contributed by atoms with Crippen LogP contribution in [0.5, 0.6) is 11.5 Å². The number of hydrogen-bond acceptors (Lipinski definition) is 5. The molecule has 0 spiro atoms. The number of amides is 1. The van der Waals surface area contributed by atoms with Crippen LogP contribution in [0.25, 0.3) is 0 Å². The first-order valence-corrected chi connectivity index (χ1v) is 10.4. The number of hydrazone groups is 1. The van der Waals surface area contributed by atoms with Crippen LogP contribution >= 0.6 is 46.4 Å². The molecule has 1 amide bonds. The fourth-order valence-electron chi connectivity index (χ4n) is 2.50. The lowest BCUT2D eigenvalue weighted by Gasteiger charge is -2.10. The Kier molecular flexibility index (Phi) is 7.99. The molecule has 0 saturated carbocycles. The standard InChI is InChI=1S/C22H14Cl4N2O4/c1-31-20-8-12(11-27-28-21(29)13-3-5-15(23)17(25)9-13)2-7-19(20)32-22(30)14-4-6-16(24)18(26)10-14/h2-11H,1H3,(H,28,29). The summed E-state index contributed by atoms with van der Waals surface area (Å²) in [6.45, 7) is 0. The van der Waals surface area contributed by atoms with Gasteiger partial charge in [-0.25, -0.2) is 10.2 Å². The normalized spacial score (nSPS) is 10.8. The maximum atomic E-state index is 12.4. The molecule has 0 aliphatic carbocycles. The molecule has 1 N–H and O–H groups in total. The maximum Gasteiger partial charge on any atom is 0.343 e.